The summed E-state index contributed by atoms with van der Waals surface area (Å²) in [5, 5.41) is 18.5. The first-order valence-corrected chi connectivity index (χ1v) is 6.09. The minimum Gasteiger partial charge on any atom is -0.394 e. The predicted molar refractivity (Wildman–Crippen MR) is 62.4 cm³/mol. The van der Waals surface area contributed by atoms with Crippen LogP contribution in [0.2, 0.25) is 0 Å². The highest BCUT2D eigenvalue weighted by atomic mass is 32.1. The van der Waals surface area contributed by atoms with E-state index in [1.165, 1.54) is 0 Å². The minimum atomic E-state index is -4.92. The number of alkyl halides is 3. The second kappa shape index (κ2) is 5.48. The Bertz CT molecular complexity index is 643. The molecule has 2 heterocycles. The fraction of sp³-hybridized carbons (Fsp3) is 0.600. The predicted octanol–water partition coefficient (Wildman–Crippen LogP) is 0.474. The minimum absolute atomic E-state index is 0.322. The number of hydrogen-bond acceptors (Lipinski definition) is 5. The molecule has 0 spiro atoms. The number of nitrogens with zero attached hydrogens (tertiary/aromatic N) is 1. The van der Waals surface area contributed by atoms with Gasteiger partial charge < -0.3 is 14.9 Å². The van der Waals surface area contributed by atoms with Crippen molar-refractivity contribution in [1.29, 1.82) is 0 Å². The van der Waals surface area contributed by atoms with Gasteiger partial charge in [0.05, 0.1) is 18.9 Å². The number of hydrogen-bond donors (Lipinski definition) is 3. The van der Waals surface area contributed by atoms with E-state index >= 15 is 0 Å². The molecule has 0 saturated carbocycles. The summed E-state index contributed by atoms with van der Waals surface area (Å²) in [4.78, 5) is 13.5. The van der Waals surface area contributed by atoms with Gasteiger partial charge in [0.2, 0.25) is 0 Å². The van der Waals surface area contributed by atoms with Gasteiger partial charge in [-0.1, -0.05) is 12.2 Å². The van der Waals surface area contributed by atoms with E-state index in [1.807, 2.05) is 4.98 Å². The van der Waals surface area contributed by atoms with Gasteiger partial charge in [-0.3, -0.25) is 9.55 Å². The molecule has 4 unspecified atom stereocenters. The molecule has 1 saturated heterocycles. The van der Waals surface area contributed by atoms with Crippen LogP contribution in [0, 0.1) is 16.4 Å². The van der Waals surface area contributed by atoms with E-state index in [9.17, 15) is 27.5 Å². The van der Waals surface area contributed by atoms with Gasteiger partial charge in [0.15, 0.2) is 12.0 Å². The highest BCUT2D eigenvalue weighted by molar-refractivity contribution is 7.71. The fourth-order valence-electron chi connectivity index (χ4n) is 2.14. The maximum absolute atomic E-state index is 13.4. The van der Waals surface area contributed by atoms with Gasteiger partial charge in [0, 0.05) is 0 Å². The van der Waals surface area contributed by atoms with Crippen molar-refractivity contribution in [2.45, 2.75) is 24.6 Å². The van der Waals surface area contributed by atoms with Crippen LogP contribution in [0.25, 0.3) is 0 Å². The van der Waals surface area contributed by atoms with Crippen molar-refractivity contribution >= 4 is 12.2 Å². The van der Waals surface area contributed by atoms with Gasteiger partial charge in [0.1, 0.15) is 16.7 Å². The molecule has 0 aliphatic carbocycles. The van der Waals surface area contributed by atoms with Gasteiger partial charge in [-0.2, -0.15) is 13.2 Å². The summed E-state index contributed by atoms with van der Waals surface area (Å²) in [5.74, 6) is -3.60. The number of aromatic amines is 1. The number of ether oxygens (including phenoxy) is 1. The van der Waals surface area contributed by atoms with Crippen LogP contribution in [0.5, 0.6) is 0 Å². The molecule has 4 atom stereocenters. The Morgan fingerprint density at radius 1 is 1.48 bits per heavy atom. The van der Waals surface area contributed by atoms with Crippen molar-refractivity contribution in [2.24, 2.45) is 5.92 Å². The molecule has 118 valence electrons. The van der Waals surface area contributed by atoms with Crippen molar-refractivity contribution in [1.82, 2.24) is 9.55 Å². The van der Waals surface area contributed by atoms with Gasteiger partial charge in [0.25, 0.3) is 0 Å². The Morgan fingerprint density at radius 2 is 2.10 bits per heavy atom. The summed E-state index contributed by atoms with van der Waals surface area (Å²) in [6.45, 7) is -0.885. The molecular formula is C10H10F4N2O4S. The molecule has 0 aromatic carbocycles. The maximum atomic E-state index is 13.4. The van der Waals surface area contributed by atoms with Crippen molar-refractivity contribution in [3.8, 4) is 0 Å². The van der Waals surface area contributed by atoms with E-state index in [0.29, 0.717) is 10.8 Å². The Balaban J connectivity index is 2.53. The number of aromatic nitrogens is 2. The van der Waals surface area contributed by atoms with E-state index in [-0.39, 0.29) is 0 Å². The average Bonchev–Trinajstić information content (AvgIpc) is 2.70. The molecule has 0 amide bonds. The standard InChI is InChI=1S/C10H10F4N2O4S/c11-3-1-16(9(19)15-7(3)21)8-5(10(12,13)14)6(18)4(2-17)20-8/h1,4-6,8,17-18H,2H2,(H,15,19,21). The summed E-state index contributed by atoms with van der Waals surface area (Å²) in [6, 6.07) is 0. The van der Waals surface area contributed by atoms with Gasteiger partial charge in [-0.25, -0.2) is 9.18 Å². The molecule has 0 radical (unpaired) electrons. The smallest absolute Gasteiger partial charge is 0.394 e. The molecule has 11 heteroatoms. The van der Waals surface area contributed by atoms with Crippen LogP contribution < -0.4 is 5.69 Å². The lowest BCUT2D eigenvalue weighted by molar-refractivity contribution is -0.211. The zero-order valence-corrected chi connectivity index (χ0v) is 11.0. The maximum Gasteiger partial charge on any atom is 0.398 e. The molecule has 2 rings (SSSR count). The molecule has 1 aliphatic rings. The summed E-state index contributed by atoms with van der Waals surface area (Å²) in [6.07, 6.45) is -10.1. The molecule has 0 bridgehead atoms. The topological polar surface area (TPSA) is 87.5 Å². The van der Waals surface area contributed by atoms with Crippen LogP contribution >= 0.6 is 12.2 Å². The molecule has 1 aromatic heterocycles. The van der Waals surface area contributed by atoms with E-state index in [4.69, 9.17) is 9.84 Å². The number of H-pyrrole nitrogens is 1. The normalized spacial score (nSPS) is 29.8. The number of halogens is 4. The summed E-state index contributed by atoms with van der Waals surface area (Å²) in [7, 11) is 0. The van der Waals surface area contributed by atoms with Crippen molar-refractivity contribution in [2.75, 3.05) is 6.61 Å². The van der Waals surface area contributed by atoms with Gasteiger partial charge in [-0.05, 0) is 0 Å². The summed E-state index contributed by atoms with van der Waals surface area (Å²) >= 11 is 4.45. The van der Waals surface area contributed by atoms with Crippen LogP contribution in [0.1, 0.15) is 6.23 Å². The van der Waals surface area contributed by atoms with Crippen LogP contribution in [-0.4, -0.2) is 44.8 Å². The lowest BCUT2D eigenvalue weighted by Crippen LogP contribution is -2.41. The third kappa shape index (κ3) is 2.86. The zero-order chi connectivity index (χ0) is 15.9. The SMILES string of the molecule is O=c1[nH]c(=S)c(F)cn1C1OC(CO)C(O)C1C(F)(F)F. The quantitative estimate of drug-likeness (QED) is 0.542. The summed E-state index contributed by atoms with van der Waals surface area (Å²) < 4.78 is 57.0. The number of aliphatic hydroxyl groups excluding tert-OH is 2. The van der Waals surface area contributed by atoms with Crippen molar-refractivity contribution in [3.63, 3.8) is 0 Å². The second-order valence-electron chi connectivity index (χ2n) is 4.45. The first-order chi connectivity index (χ1) is 9.66. The lowest BCUT2D eigenvalue weighted by atomic mass is 9.99. The highest BCUT2D eigenvalue weighted by Crippen LogP contribution is 2.44. The second-order valence-corrected chi connectivity index (χ2v) is 4.86. The van der Waals surface area contributed by atoms with Crippen LogP contribution in [0.15, 0.2) is 11.0 Å². The molecule has 1 fully saturated rings. The zero-order valence-electron chi connectivity index (χ0n) is 10.2. The summed E-state index contributed by atoms with van der Waals surface area (Å²) in [5.41, 5.74) is -1.12. The molecular weight excluding hydrogens is 320 g/mol. The van der Waals surface area contributed by atoms with Gasteiger partial charge in [-0.15, -0.1) is 0 Å². The van der Waals surface area contributed by atoms with E-state index in [0.717, 1.165) is 0 Å². The van der Waals surface area contributed by atoms with Crippen molar-refractivity contribution in [3.05, 3.63) is 27.1 Å². The third-order valence-electron chi connectivity index (χ3n) is 3.13. The Morgan fingerprint density at radius 3 is 2.62 bits per heavy atom. The average molecular weight is 330 g/mol. The monoisotopic (exact) mass is 330 g/mol. The third-order valence-corrected chi connectivity index (χ3v) is 3.42. The fourth-order valence-corrected chi connectivity index (χ4v) is 2.28. The Kier molecular flexibility index (Phi) is 4.19. The molecule has 21 heavy (non-hydrogen) atoms. The van der Waals surface area contributed by atoms with Crippen LogP contribution in [-0.2, 0) is 4.74 Å². The molecule has 1 aromatic rings. The van der Waals surface area contributed by atoms with Crippen molar-refractivity contribution < 1.29 is 32.5 Å². The highest BCUT2D eigenvalue weighted by Gasteiger charge is 2.58. The van der Waals surface area contributed by atoms with E-state index in [1.54, 1.807) is 0 Å². The molecule has 6 nitrogen and oxygen atoms in total. The first kappa shape index (κ1) is 16.1. The number of rotatable bonds is 2. The Hall–Kier alpha value is -1.30. The van der Waals surface area contributed by atoms with E-state index in [2.05, 4.69) is 12.2 Å². The molecule has 1 aliphatic heterocycles. The Labute approximate surface area is 119 Å². The largest absolute Gasteiger partial charge is 0.398 e. The van der Waals surface area contributed by atoms with Gasteiger partial charge >= 0.3 is 11.9 Å². The number of nitrogens with one attached hydrogen (secondary N) is 1. The molecule has 3 N–H and O–H groups in total. The van der Waals surface area contributed by atoms with Crippen LogP contribution in [0.3, 0.4) is 0 Å². The first-order valence-electron chi connectivity index (χ1n) is 5.69. The lowest BCUT2D eigenvalue weighted by Gasteiger charge is -2.24. The van der Waals surface area contributed by atoms with Crippen LogP contribution in [0.4, 0.5) is 17.6 Å². The van der Waals surface area contributed by atoms with E-state index < -0.39 is 53.3 Å². The number of aliphatic hydroxyl groups is 2.